The van der Waals surface area contributed by atoms with Crippen molar-refractivity contribution in [3.8, 4) is 6.07 Å². The molecule has 1 rings (SSSR count). The maximum Gasteiger partial charge on any atom is 0.303 e. The van der Waals surface area contributed by atoms with Crippen LogP contribution >= 0.6 is 23.2 Å². The highest BCUT2D eigenvalue weighted by molar-refractivity contribution is 6.38. The molecule has 0 amide bonds. The third kappa shape index (κ3) is 5.28. The minimum absolute atomic E-state index is 0.224. The Kier molecular flexibility index (Phi) is 7.21. The molecule has 0 unspecified atom stereocenters. The Labute approximate surface area is 128 Å². The fourth-order valence-corrected chi connectivity index (χ4v) is 2.29. The molecule has 0 radical (unpaired) electrons. The number of hydrogen-bond acceptors (Lipinski definition) is 3. The van der Waals surface area contributed by atoms with Crippen molar-refractivity contribution >= 4 is 34.9 Å². The van der Waals surface area contributed by atoms with Gasteiger partial charge < -0.3 is 10.4 Å². The second-order valence-corrected chi connectivity index (χ2v) is 5.17. The van der Waals surface area contributed by atoms with Gasteiger partial charge in [0.2, 0.25) is 0 Å². The molecule has 0 fully saturated rings. The molecule has 4 nitrogen and oxygen atoms in total. The van der Waals surface area contributed by atoms with Gasteiger partial charge in [-0.2, -0.15) is 5.26 Å². The Balaban J connectivity index is 2.33. The van der Waals surface area contributed by atoms with Gasteiger partial charge in [0.1, 0.15) is 6.07 Å². The van der Waals surface area contributed by atoms with Gasteiger partial charge in [0.15, 0.2) is 0 Å². The third-order valence-corrected chi connectivity index (χ3v) is 3.54. The Morgan fingerprint density at radius 1 is 1.25 bits per heavy atom. The lowest BCUT2D eigenvalue weighted by molar-refractivity contribution is -0.137. The molecule has 0 atom stereocenters. The number of carboxylic acid groups (broad SMARTS) is 1. The number of carbonyl (C=O) groups is 1. The monoisotopic (exact) mass is 314 g/mol. The molecule has 0 saturated heterocycles. The van der Waals surface area contributed by atoms with Crippen LogP contribution in [-0.4, -0.2) is 17.6 Å². The van der Waals surface area contributed by atoms with Crippen molar-refractivity contribution in [3.63, 3.8) is 0 Å². The standard InChI is InChI=1S/C14H16Cl2N2O2/c15-11-6-7-12(14(16)10(11)9-17)18-8-4-2-1-3-5-13(19)20/h6-7,18H,1-5,8H2,(H,19,20). The summed E-state index contributed by atoms with van der Waals surface area (Å²) in [5, 5.41) is 21.3. The van der Waals surface area contributed by atoms with Crippen LogP contribution in [0.3, 0.4) is 0 Å². The molecular weight excluding hydrogens is 299 g/mol. The minimum Gasteiger partial charge on any atom is -0.481 e. The van der Waals surface area contributed by atoms with E-state index in [0.717, 1.165) is 25.8 Å². The Morgan fingerprint density at radius 3 is 2.60 bits per heavy atom. The van der Waals surface area contributed by atoms with E-state index in [1.54, 1.807) is 12.1 Å². The van der Waals surface area contributed by atoms with Crippen LogP contribution in [-0.2, 0) is 4.79 Å². The minimum atomic E-state index is -0.750. The summed E-state index contributed by atoms with van der Waals surface area (Å²) < 4.78 is 0. The van der Waals surface area contributed by atoms with Crippen LogP contribution in [0, 0.1) is 11.3 Å². The molecule has 0 aromatic heterocycles. The predicted molar refractivity (Wildman–Crippen MR) is 80.4 cm³/mol. The van der Waals surface area contributed by atoms with Gasteiger partial charge in [0.25, 0.3) is 0 Å². The van der Waals surface area contributed by atoms with Crippen LogP contribution < -0.4 is 5.32 Å². The van der Waals surface area contributed by atoms with Gasteiger partial charge in [0, 0.05) is 13.0 Å². The Bertz CT molecular complexity index is 513. The molecule has 0 aliphatic heterocycles. The maximum absolute atomic E-state index is 10.3. The van der Waals surface area contributed by atoms with E-state index in [9.17, 15) is 4.79 Å². The lowest BCUT2D eigenvalue weighted by Crippen LogP contribution is -2.03. The number of halogens is 2. The van der Waals surface area contributed by atoms with Crippen molar-refractivity contribution in [2.24, 2.45) is 0 Å². The number of nitrogens with one attached hydrogen (secondary N) is 1. The van der Waals surface area contributed by atoms with Crippen LogP contribution in [0.25, 0.3) is 0 Å². The maximum atomic E-state index is 10.3. The number of unbranched alkanes of at least 4 members (excludes halogenated alkanes) is 3. The SMILES string of the molecule is N#Cc1c(Cl)ccc(NCCCCCCC(=O)O)c1Cl. The van der Waals surface area contributed by atoms with E-state index in [1.807, 2.05) is 6.07 Å². The lowest BCUT2D eigenvalue weighted by atomic mass is 10.1. The largest absolute Gasteiger partial charge is 0.481 e. The van der Waals surface area contributed by atoms with E-state index in [1.165, 1.54) is 0 Å². The van der Waals surface area contributed by atoms with Gasteiger partial charge in [-0.3, -0.25) is 4.79 Å². The summed E-state index contributed by atoms with van der Waals surface area (Å²) in [5.74, 6) is -0.750. The number of aliphatic carboxylic acids is 1. The van der Waals surface area contributed by atoms with Crippen molar-refractivity contribution < 1.29 is 9.90 Å². The smallest absolute Gasteiger partial charge is 0.303 e. The van der Waals surface area contributed by atoms with E-state index < -0.39 is 5.97 Å². The summed E-state index contributed by atoms with van der Waals surface area (Å²) in [5.41, 5.74) is 0.970. The summed E-state index contributed by atoms with van der Waals surface area (Å²) in [6.45, 7) is 0.722. The number of carboxylic acids is 1. The van der Waals surface area contributed by atoms with E-state index in [-0.39, 0.29) is 12.0 Å². The fraction of sp³-hybridized carbons (Fsp3) is 0.429. The van der Waals surface area contributed by atoms with Gasteiger partial charge >= 0.3 is 5.97 Å². The van der Waals surface area contributed by atoms with Gasteiger partial charge in [-0.25, -0.2) is 0 Å². The quantitative estimate of drug-likeness (QED) is 0.701. The van der Waals surface area contributed by atoms with Crippen LogP contribution in [0.2, 0.25) is 10.0 Å². The molecule has 0 heterocycles. The van der Waals surface area contributed by atoms with E-state index in [0.29, 0.717) is 22.2 Å². The molecule has 0 spiro atoms. The van der Waals surface area contributed by atoms with Crippen LogP contribution in [0.5, 0.6) is 0 Å². The van der Waals surface area contributed by atoms with E-state index in [4.69, 9.17) is 33.6 Å². The molecule has 108 valence electrons. The van der Waals surface area contributed by atoms with Crippen LogP contribution in [0.1, 0.15) is 37.7 Å². The number of nitriles is 1. The zero-order valence-corrected chi connectivity index (χ0v) is 12.5. The molecular formula is C14H16Cl2N2O2. The molecule has 1 aromatic carbocycles. The van der Waals surface area contributed by atoms with Gasteiger partial charge in [-0.1, -0.05) is 36.0 Å². The van der Waals surface area contributed by atoms with Crippen molar-refractivity contribution in [2.45, 2.75) is 32.1 Å². The first-order valence-corrected chi connectivity index (χ1v) is 7.15. The molecule has 20 heavy (non-hydrogen) atoms. The number of anilines is 1. The number of nitrogens with zero attached hydrogens (tertiary/aromatic N) is 1. The molecule has 0 bridgehead atoms. The normalized spacial score (nSPS) is 10.1. The highest BCUT2D eigenvalue weighted by Crippen LogP contribution is 2.30. The van der Waals surface area contributed by atoms with Crippen molar-refractivity contribution in [2.75, 3.05) is 11.9 Å². The summed E-state index contributed by atoms with van der Waals surface area (Å²) in [4.78, 5) is 10.3. The second kappa shape index (κ2) is 8.68. The first kappa shape index (κ1) is 16.6. The molecule has 0 aliphatic carbocycles. The third-order valence-electron chi connectivity index (χ3n) is 2.84. The lowest BCUT2D eigenvalue weighted by Gasteiger charge is -2.10. The summed E-state index contributed by atoms with van der Waals surface area (Å²) in [6, 6.07) is 5.36. The van der Waals surface area contributed by atoms with Gasteiger partial charge in [-0.15, -0.1) is 0 Å². The Hall–Kier alpha value is -1.44. The van der Waals surface area contributed by atoms with Crippen molar-refractivity contribution in [3.05, 3.63) is 27.7 Å². The number of hydrogen-bond donors (Lipinski definition) is 2. The molecule has 0 aliphatic rings. The average molecular weight is 315 g/mol. The van der Waals surface area contributed by atoms with E-state index >= 15 is 0 Å². The summed E-state index contributed by atoms with van der Waals surface area (Å²) in [7, 11) is 0. The zero-order chi connectivity index (χ0) is 15.0. The highest BCUT2D eigenvalue weighted by atomic mass is 35.5. The van der Waals surface area contributed by atoms with Gasteiger partial charge in [0.05, 0.1) is 21.3 Å². The molecule has 6 heteroatoms. The number of benzene rings is 1. The first-order chi connectivity index (χ1) is 9.56. The fourth-order valence-electron chi connectivity index (χ4n) is 1.77. The van der Waals surface area contributed by atoms with Crippen molar-refractivity contribution in [1.29, 1.82) is 5.26 Å². The average Bonchev–Trinajstić information content (AvgIpc) is 2.40. The molecule has 0 saturated carbocycles. The van der Waals surface area contributed by atoms with Gasteiger partial charge in [-0.05, 0) is 25.0 Å². The van der Waals surface area contributed by atoms with E-state index in [2.05, 4.69) is 5.32 Å². The second-order valence-electron chi connectivity index (χ2n) is 4.38. The van der Waals surface area contributed by atoms with Crippen LogP contribution in [0.4, 0.5) is 5.69 Å². The molecule has 2 N–H and O–H groups in total. The zero-order valence-electron chi connectivity index (χ0n) is 11.0. The predicted octanol–water partition coefficient (Wildman–Crippen LogP) is 4.31. The number of rotatable bonds is 8. The van der Waals surface area contributed by atoms with Crippen molar-refractivity contribution in [1.82, 2.24) is 0 Å². The highest BCUT2D eigenvalue weighted by Gasteiger charge is 2.09. The molecule has 1 aromatic rings. The topological polar surface area (TPSA) is 73.1 Å². The first-order valence-electron chi connectivity index (χ1n) is 6.40. The summed E-state index contributed by atoms with van der Waals surface area (Å²) in [6.07, 6.45) is 3.69. The Morgan fingerprint density at radius 2 is 1.95 bits per heavy atom. The van der Waals surface area contributed by atoms with Crippen LogP contribution in [0.15, 0.2) is 12.1 Å². The summed E-state index contributed by atoms with van der Waals surface area (Å²) >= 11 is 11.9.